The first-order chi connectivity index (χ1) is 17.9. The summed E-state index contributed by atoms with van der Waals surface area (Å²) in [5.74, 6) is 0.287. The minimum absolute atomic E-state index is 0.0495. The van der Waals surface area contributed by atoms with Crippen LogP contribution in [0.5, 0.6) is 11.5 Å². The van der Waals surface area contributed by atoms with Gasteiger partial charge in [0.1, 0.15) is 18.1 Å². The van der Waals surface area contributed by atoms with Gasteiger partial charge in [0.05, 0.1) is 29.5 Å². The van der Waals surface area contributed by atoms with Crippen LogP contribution in [-0.2, 0) is 26.0 Å². The molecule has 0 spiro atoms. The van der Waals surface area contributed by atoms with Gasteiger partial charge < -0.3 is 14.2 Å². The Kier molecular flexibility index (Phi) is 8.81. The van der Waals surface area contributed by atoms with Crippen LogP contribution in [0, 0.1) is 0 Å². The number of benzene rings is 3. The molecule has 2 heterocycles. The quantitative estimate of drug-likeness (QED) is 0.310. The Morgan fingerprint density at radius 1 is 0.973 bits per heavy atom. The SMILES string of the molecule is C1CC2CC1O2.COc1ccc(S(=O)(=O)C(CC(=O)NO)c2ccc(OCc3ccccc3)cc2)cc1. The fourth-order valence-corrected chi connectivity index (χ4v) is 6.10. The normalized spacial score (nSPS) is 18.5. The van der Waals surface area contributed by atoms with Crippen molar-refractivity contribution < 1.29 is 32.6 Å². The maximum Gasteiger partial charge on any atom is 0.244 e. The van der Waals surface area contributed by atoms with Crippen molar-refractivity contribution in [2.75, 3.05) is 7.11 Å². The summed E-state index contributed by atoms with van der Waals surface area (Å²) in [4.78, 5) is 11.9. The molecule has 2 N–H and O–H groups in total. The van der Waals surface area contributed by atoms with Crippen molar-refractivity contribution in [2.24, 2.45) is 0 Å². The molecule has 3 aromatic rings. The van der Waals surface area contributed by atoms with Crippen LogP contribution >= 0.6 is 0 Å². The zero-order valence-corrected chi connectivity index (χ0v) is 21.4. The molecule has 37 heavy (non-hydrogen) atoms. The summed E-state index contributed by atoms with van der Waals surface area (Å²) < 4.78 is 42.6. The van der Waals surface area contributed by atoms with Gasteiger partial charge in [-0.05, 0) is 66.8 Å². The Labute approximate surface area is 217 Å². The van der Waals surface area contributed by atoms with E-state index in [1.807, 2.05) is 30.3 Å². The van der Waals surface area contributed by atoms with Crippen LogP contribution in [0.2, 0.25) is 0 Å². The lowest BCUT2D eigenvalue weighted by Gasteiger charge is -2.23. The van der Waals surface area contributed by atoms with E-state index in [9.17, 15) is 13.2 Å². The number of methoxy groups -OCH3 is 1. The molecule has 2 bridgehead atoms. The fraction of sp³-hybridized carbons (Fsp3) is 0.321. The van der Waals surface area contributed by atoms with E-state index in [2.05, 4.69) is 0 Å². The van der Waals surface area contributed by atoms with Gasteiger partial charge in [0.25, 0.3) is 0 Å². The molecule has 1 amide bonds. The summed E-state index contributed by atoms with van der Waals surface area (Å²) in [6.45, 7) is 0.376. The van der Waals surface area contributed by atoms with Gasteiger partial charge in [0.2, 0.25) is 5.91 Å². The van der Waals surface area contributed by atoms with E-state index in [4.69, 9.17) is 19.4 Å². The first kappa shape index (κ1) is 26.7. The number of ether oxygens (including phenoxy) is 3. The van der Waals surface area contributed by atoms with Crippen molar-refractivity contribution in [3.63, 3.8) is 0 Å². The average molecular weight is 526 g/mol. The van der Waals surface area contributed by atoms with Gasteiger partial charge in [-0.1, -0.05) is 42.5 Å². The van der Waals surface area contributed by atoms with Crippen LogP contribution in [0.4, 0.5) is 0 Å². The Morgan fingerprint density at radius 3 is 2.08 bits per heavy atom. The van der Waals surface area contributed by atoms with Gasteiger partial charge in [-0.3, -0.25) is 10.0 Å². The zero-order valence-electron chi connectivity index (χ0n) is 20.6. The smallest absolute Gasteiger partial charge is 0.244 e. The van der Waals surface area contributed by atoms with Gasteiger partial charge in [0, 0.05) is 6.42 Å². The number of nitrogens with one attached hydrogen (secondary N) is 1. The standard InChI is InChI=1S/C23H23NO6S.C5H8O/c1-29-19-11-13-21(14-12-19)31(27,28)22(15-23(25)24-26)18-7-9-20(10-8-18)30-16-17-5-3-2-4-6-17;1-2-5-3-4(1)6-5/h2-14,22,26H,15-16H2,1H3,(H,24,25);4-5H,1-3H2. The highest BCUT2D eigenvalue weighted by Crippen LogP contribution is 2.36. The second-order valence-electron chi connectivity index (χ2n) is 8.98. The van der Waals surface area contributed by atoms with Crippen molar-refractivity contribution in [3.05, 3.63) is 90.0 Å². The molecule has 3 fully saturated rings. The number of hydrogen-bond donors (Lipinski definition) is 2. The number of fused-ring (bicyclic) bond motifs is 1. The number of sulfone groups is 1. The largest absolute Gasteiger partial charge is 0.497 e. The van der Waals surface area contributed by atoms with E-state index in [0.29, 0.717) is 35.9 Å². The highest BCUT2D eigenvalue weighted by molar-refractivity contribution is 7.91. The summed E-state index contributed by atoms with van der Waals surface area (Å²) in [5, 5.41) is 7.74. The van der Waals surface area contributed by atoms with Crippen molar-refractivity contribution in [1.29, 1.82) is 0 Å². The third kappa shape index (κ3) is 6.88. The number of carbonyl (C=O) groups excluding carboxylic acids is 1. The lowest BCUT2D eigenvalue weighted by Crippen LogP contribution is -2.25. The van der Waals surface area contributed by atoms with Crippen LogP contribution in [0.25, 0.3) is 0 Å². The summed E-state index contributed by atoms with van der Waals surface area (Å²) in [5.41, 5.74) is 2.92. The van der Waals surface area contributed by atoms with Crippen molar-refractivity contribution >= 4 is 15.7 Å². The van der Waals surface area contributed by atoms with E-state index < -0.39 is 27.4 Å². The summed E-state index contributed by atoms with van der Waals surface area (Å²) in [6, 6.07) is 22.1. The summed E-state index contributed by atoms with van der Waals surface area (Å²) >= 11 is 0. The second-order valence-corrected chi connectivity index (χ2v) is 11.1. The van der Waals surface area contributed by atoms with E-state index >= 15 is 0 Å². The summed E-state index contributed by atoms with van der Waals surface area (Å²) in [7, 11) is -2.44. The molecule has 0 aromatic heterocycles. The number of hydroxylamine groups is 1. The van der Waals surface area contributed by atoms with Crippen LogP contribution in [0.3, 0.4) is 0 Å². The molecule has 1 aliphatic carbocycles. The molecule has 9 heteroatoms. The summed E-state index contributed by atoms with van der Waals surface area (Å²) in [6.07, 6.45) is 4.98. The topological polar surface area (TPSA) is 111 Å². The van der Waals surface area contributed by atoms with Gasteiger partial charge >= 0.3 is 0 Å². The highest BCUT2D eigenvalue weighted by Gasteiger charge is 2.36. The monoisotopic (exact) mass is 525 g/mol. The Balaban J connectivity index is 0.000000458. The first-order valence-corrected chi connectivity index (χ1v) is 13.7. The molecule has 3 unspecified atom stereocenters. The third-order valence-electron chi connectivity index (χ3n) is 6.48. The van der Waals surface area contributed by atoms with E-state index in [0.717, 1.165) is 5.56 Å². The molecular weight excluding hydrogens is 494 g/mol. The Morgan fingerprint density at radius 2 is 1.57 bits per heavy atom. The lowest BCUT2D eigenvalue weighted by molar-refractivity contribution is -0.129. The van der Waals surface area contributed by atoms with E-state index in [-0.39, 0.29) is 4.90 Å². The van der Waals surface area contributed by atoms with E-state index in [1.54, 1.807) is 24.3 Å². The number of amides is 1. The van der Waals surface area contributed by atoms with Gasteiger partial charge in [-0.25, -0.2) is 13.9 Å². The predicted octanol–water partition coefficient (Wildman–Crippen LogP) is 4.62. The number of rotatable bonds is 9. The maximum atomic E-state index is 13.2. The molecule has 3 atom stereocenters. The van der Waals surface area contributed by atoms with Crippen molar-refractivity contribution in [1.82, 2.24) is 5.48 Å². The van der Waals surface area contributed by atoms with Crippen molar-refractivity contribution in [3.8, 4) is 11.5 Å². The predicted molar refractivity (Wildman–Crippen MR) is 137 cm³/mol. The molecule has 2 aliphatic heterocycles. The molecular formula is C28H31NO7S. The van der Waals surface area contributed by atoms with Crippen LogP contribution in [-0.4, -0.2) is 38.8 Å². The number of hydrogen-bond acceptors (Lipinski definition) is 7. The van der Waals surface area contributed by atoms with Crippen molar-refractivity contribution in [2.45, 2.75) is 54.6 Å². The van der Waals surface area contributed by atoms with Crippen LogP contribution in [0.15, 0.2) is 83.8 Å². The molecule has 196 valence electrons. The van der Waals surface area contributed by atoms with E-state index in [1.165, 1.54) is 56.1 Å². The molecule has 0 radical (unpaired) electrons. The Bertz CT molecular complexity index is 1240. The average Bonchev–Trinajstić information content (AvgIpc) is 3.59. The van der Waals surface area contributed by atoms with Crippen LogP contribution < -0.4 is 15.0 Å². The van der Waals surface area contributed by atoms with Crippen LogP contribution in [0.1, 0.15) is 42.1 Å². The second kappa shape index (κ2) is 12.2. The van der Waals surface area contributed by atoms with Gasteiger partial charge in [-0.2, -0.15) is 0 Å². The maximum absolute atomic E-state index is 13.2. The zero-order chi connectivity index (χ0) is 26.3. The first-order valence-electron chi connectivity index (χ1n) is 12.1. The molecule has 8 nitrogen and oxygen atoms in total. The molecule has 6 rings (SSSR count). The van der Waals surface area contributed by atoms with Gasteiger partial charge in [0.15, 0.2) is 9.84 Å². The van der Waals surface area contributed by atoms with Gasteiger partial charge in [-0.15, -0.1) is 0 Å². The molecule has 2 saturated heterocycles. The molecule has 3 aromatic carbocycles. The fourth-order valence-electron chi connectivity index (χ4n) is 4.37. The molecule has 1 saturated carbocycles. The minimum atomic E-state index is -3.92. The number of carbonyl (C=O) groups is 1. The minimum Gasteiger partial charge on any atom is -0.497 e. The third-order valence-corrected chi connectivity index (χ3v) is 8.60. The highest BCUT2D eigenvalue weighted by atomic mass is 32.2. The lowest BCUT2D eigenvalue weighted by atomic mass is 10.1. The molecule has 3 aliphatic rings. The Hall–Kier alpha value is -3.40.